The molecule has 19 heavy (non-hydrogen) atoms. The lowest BCUT2D eigenvalue weighted by molar-refractivity contribution is 0.909. The minimum atomic E-state index is 0.613. The second-order valence-corrected chi connectivity index (χ2v) is 7.84. The number of hydrogen-bond donors (Lipinski definition) is 1. The van der Waals surface area contributed by atoms with Crippen LogP contribution in [0.1, 0.15) is 34.2 Å². The summed E-state index contributed by atoms with van der Waals surface area (Å²) in [6.45, 7) is 1.51. The number of thiophene rings is 1. The Kier molecular flexibility index (Phi) is 3.93. The summed E-state index contributed by atoms with van der Waals surface area (Å²) >= 11 is 7.01. The van der Waals surface area contributed by atoms with Crippen LogP contribution in [0.3, 0.4) is 0 Å². The molecule has 0 spiro atoms. The smallest absolute Gasteiger partial charge is 0.185 e. The van der Waals surface area contributed by atoms with E-state index < -0.39 is 0 Å². The number of hydrogen-bond acceptors (Lipinski definition) is 5. The fourth-order valence-electron chi connectivity index (χ4n) is 2.07. The summed E-state index contributed by atoms with van der Waals surface area (Å²) in [5.74, 6) is 0.674. The van der Waals surface area contributed by atoms with Crippen molar-refractivity contribution in [3.8, 4) is 0 Å². The highest BCUT2D eigenvalue weighted by Gasteiger charge is 2.29. The molecule has 102 valence electrons. The van der Waals surface area contributed by atoms with Gasteiger partial charge in [0.05, 0.1) is 12.2 Å². The lowest BCUT2D eigenvalue weighted by Gasteiger charge is -2.14. The maximum Gasteiger partial charge on any atom is 0.185 e. The normalized spacial score (nSPS) is 14.9. The molecule has 1 saturated carbocycles. The first kappa shape index (κ1) is 13.5. The van der Waals surface area contributed by atoms with Crippen LogP contribution in [0.4, 0.5) is 5.13 Å². The summed E-state index contributed by atoms with van der Waals surface area (Å²) in [4.78, 5) is 9.62. The van der Waals surface area contributed by atoms with Gasteiger partial charge >= 0.3 is 0 Å². The molecular formula is C13H16BrN3S2. The molecule has 1 fully saturated rings. The first-order valence-electron chi connectivity index (χ1n) is 6.31. The molecule has 0 bridgehead atoms. The molecule has 0 amide bonds. The van der Waals surface area contributed by atoms with Gasteiger partial charge in [0.25, 0.3) is 0 Å². The Labute approximate surface area is 129 Å². The number of anilines is 1. The first-order chi connectivity index (χ1) is 9.17. The fourth-order valence-corrected chi connectivity index (χ4v) is 4.56. The minimum absolute atomic E-state index is 0.613. The predicted octanol–water partition coefficient (Wildman–Crippen LogP) is 3.94. The van der Waals surface area contributed by atoms with E-state index in [9.17, 15) is 0 Å². The number of rotatable bonds is 5. The molecule has 1 aliphatic carbocycles. The van der Waals surface area contributed by atoms with Gasteiger partial charge in [0, 0.05) is 39.1 Å². The SMILES string of the molecule is CN(Cc1cc(Br)cs1)c1nc(C2CC2)c(CN)s1. The largest absolute Gasteiger partial charge is 0.346 e. The van der Waals surface area contributed by atoms with Crippen LogP contribution >= 0.6 is 38.6 Å². The van der Waals surface area contributed by atoms with Crippen LogP contribution in [-0.4, -0.2) is 12.0 Å². The van der Waals surface area contributed by atoms with Gasteiger partial charge in [-0.05, 0) is 34.8 Å². The highest BCUT2D eigenvalue weighted by atomic mass is 79.9. The Morgan fingerprint density at radius 2 is 2.32 bits per heavy atom. The topological polar surface area (TPSA) is 42.2 Å². The third-order valence-corrected chi connectivity index (χ3v) is 6.10. The number of nitrogens with two attached hydrogens (primary N) is 1. The maximum absolute atomic E-state index is 5.83. The van der Waals surface area contributed by atoms with Gasteiger partial charge in [0.2, 0.25) is 0 Å². The molecular weight excluding hydrogens is 342 g/mol. The van der Waals surface area contributed by atoms with Crippen LogP contribution in [0.5, 0.6) is 0 Å². The summed E-state index contributed by atoms with van der Waals surface area (Å²) < 4.78 is 1.15. The van der Waals surface area contributed by atoms with E-state index >= 15 is 0 Å². The zero-order chi connectivity index (χ0) is 13.4. The van der Waals surface area contributed by atoms with Gasteiger partial charge in [-0.2, -0.15) is 0 Å². The molecule has 0 radical (unpaired) electrons. The molecule has 0 saturated heterocycles. The zero-order valence-electron chi connectivity index (χ0n) is 10.7. The number of aromatic nitrogens is 1. The Morgan fingerprint density at radius 3 is 2.89 bits per heavy atom. The van der Waals surface area contributed by atoms with Crippen molar-refractivity contribution < 1.29 is 0 Å². The molecule has 2 aromatic rings. The van der Waals surface area contributed by atoms with E-state index in [0.29, 0.717) is 12.5 Å². The summed E-state index contributed by atoms with van der Waals surface area (Å²) in [5, 5.41) is 3.21. The molecule has 0 atom stereocenters. The van der Waals surface area contributed by atoms with Gasteiger partial charge in [0.1, 0.15) is 0 Å². The van der Waals surface area contributed by atoms with Crippen LogP contribution in [0, 0.1) is 0 Å². The Balaban J connectivity index is 1.77. The molecule has 2 aromatic heterocycles. The Hall–Kier alpha value is -0.430. The number of nitrogens with zero attached hydrogens (tertiary/aromatic N) is 2. The van der Waals surface area contributed by atoms with E-state index in [2.05, 4.69) is 39.3 Å². The van der Waals surface area contributed by atoms with Crippen LogP contribution < -0.4 is 10.6 Å². The van der Waals surface area contributed by atoms with E-state index in [1.165, 1.54) is 28.3 Å². The monoisotopic (exact) mass is 357 g/mol. The van der Waals surface area contributed by atoms with Crippen molar-refractivity contribution in [2.75, 3.05) is 11.9 Å². The molecule has 2 N–H and O–H groups in total. The first-order valence-corrected chi connectivity index (χ1v) is 8.80. The van der Waals surface area contributed by atoms with Crippen LogP contribution in [0.15, 0.2) is 15.9 Å². The summed E-state index contributed by atoms with van der Waals surface area (Å²) in [6.07, 6.45) is 2.55. The summed E-state index contributed by atoms with van der Waals surface area (Å²) in [6, 6.07) is 2.17. The lowest BCUT2D eigenvalue weighted by atomic mass is 10.2. The van der Waals surface area contributed by atoms with Crippen LogP contribution in [0.2, 0.25) is 0 Å². The molecule has 3 nitrogen and oxygen atoms in total. The molecule has 0 aromatic carbocycles. The van der Waals surface area contributed by atoms with Crippen molar-refractivity contribution in [2.45, 2.75) is 31.8 Å². The van der Waals surface area contributed by atoms with E-state index in [0.717, 1.165) is 16.1 Å². The highest BCUT2D eigenvalue weighted by molar-refractivity contribution is 9.10. The highest BCUT2D eigenvalue weighted by Crippen LogP contribution is 2.44. The van der Waals surface area contributed by atoms with Gasteiger partial charge in [0.15, 0.2) is 5.13 Å². The van der Waals surface area contributed by atoms with Crippen LogP contribution in [-0.2, 0) is 13.1 Å². The van der Waals surface area contributed by atoms with Crippen molar-refractivity contribution >= 4 is 43.7 Å². The second-order valence-electron chi connectivity index (χ2n) is 4.87. The Morgan fingerprint density at radius 1 is 1.53 bits per heavy atom. The average molecular weight is 358 g/mol. The molecule has 1 aliphatic rings. The van der Waals surface area contributed by atoms with E-state index in [-0.39, 0.29) is 0 Å². The van der Waals surface area contributed by atoms with Gasteiger partial charge < -0.3 is 10.6 Å². The molecule has 2 heterocycles. The molecule has 0 aliphatic heterocycles. The van der Waals surface area contributed by atoms with Crippen molar-refractivity contribution in [1.29, 1.82) is 0 Å². The maximum atomic E-state index is 5.83. The average Bonchev–Trinajstić information content (AvgIpc) is 3.01. The molecule has 6 heteroatoms. The van der Waals surface area contributed by atoms with Gasteiger partial charge in [-0.25, -0.2) is 4.98 Å². The van der Waals surface area contributed by atoms with Crippen molar-refractivity contribution in [2.24, 2.45) is 5.73 Å². The van der Waals surface area contributed by atoms with E-state index in [1.54, 1.807) is 22.7 Å². The van der Waals surface area contributed by atoms with Gasteiger partial charge in [-0.15, -0.1) is 22.7 Å². The number of thiazole rings is 1. The fraction of sp³-hybridized carbons (Fsp3) is 0.462. The van der Waals surface area contributed by atoms with Crippen molar-refractivity contribution in [1.82, 2.24) is 4.98 Å². The standard InChI is InChI=1S/C13H16BrN3S2/c1-17(6-10-4-9(14)7-18-10)13-16-12(8-2-3-8)11(5-15)19-13/h4,7-8H,2-3,5-6,15H2,1H3. The van der Waals surface area contributed by atoms with Crippen molar-refractivity contribution in [3.63, 3.8) is 0 Å². The van der Waals surface area contributed by atoms with E-state index in [1.807, 2.05) is 0 Å². The molecule has 0 unspecified atom stereocenters. The zero-order valence-corrected chi connectivity index (χ0v) is 13.9. The van der Waals surface area contributed by atoms with Gasteiger partial charge in [-0.1, -0.05) is 0 Å². The second kappa shape index (κ2) is 5.52. The number of halogens is 1. The molecule has 3 rings (SSSR count). The lowest BCUT2D eigenvalue weighted by Crippen LogP contribution is -2.15. The van der Waals surface area contributed by atoms with E-state index in [4.69, 9.17) is 10.7 Å². The quantitative estimate of drug-likeness (QED) is 0.880. The Bertz CT molecular complexity index is 574. The summed E-state index contributed by atoms with van der Waals surface area (Å²) in [5.41, 5.74) is 7.08. The van der Waals surface area contributed by atoms with Crippen LogP contribution in [0.25, 0.3) is 0 Å². The third-order valence-electron chi connectivity index (χ3n) is 3.21. The minimum Gasteiger partial charge on any atom is -0.346 e. The summed E-state index contributed by atoms with van der Waals surface area (Å²) in [7, 11) is 2.10. The van der Waals surface area contributed by atoms with Crippen molar-refractivity contribution in [3.05, 3.63) is 31.4 Å². The third kappa shape index (κ3) is 3.02. The predicted molar refractivity (Wildman–Crippen MR) is 86.1 cm³/mol. The van der Waals surface area contributed by atoms with Gasteiger partial charge in [-0.3, -0.25) is 0 Å².